The minimum Gasteiger partial charge on any atom is -0.489 e. The first-order chi connectivity index (χ1) is 30.6. The highest BCUT2D eigenvalue weighted by atomic mass is 16.5. The van der Waals surface area contributed by atoms with Crippen LogP contribution in [0.3, 0.4) is 0 Å². The summed E-state index contributed by atoms with van der Waals surface area (Å²) in [6.45, 7) is 2.58. The van der Waals surface area contributed by atoms with Crippen molar-refractivity contribution >= 4 is 45.2 Å². The molecule has 0 aliphatic rings. The van der Waals surface area contributed by atoms with E-state index < -0.39 is 0 Å². The van der Waals surface area contributed by atoms with Crippen molar-refractivity contribution in [1.82, 2.24) is 4.98 Å². The largest absolute Gasteiger partial charge is 0.489 e. The molecule has 0 saturated heterocycles. The molecule has 0 bridgehead atoms. The van der Waals surface area contributed by atoms with Crippen LogP contribution >= 0.6 is 0 Å². The molecule has 0 amide bonds. The van der Waals surface area contributed by atoms with Crippen LogP contribution in [0.1, 0.15) is 11.1 Å². The molecular formula is C57H43N3O2. The molecule has 298 valence electrons. The van der Waals surface area contributed by atoms with Gasteiger partial charge in [-0.1, -0.05) is 121 Å². The van der Waals surface area contributed by atoms with Gasteiger partial charge >= 0.3 is 0 Å². The molecule has 10 aromatic rings. The summed E-state index contributed by atoms with van der Waals surface area (Å²) in [5, 5.41) is 0. The van der Waals surface area contributed by atoms with Crippen LogP contribution in [0.15, 0.2) is 235 Å². The number of ether oxygens (including phenoxy) is 1. The Kier molecular flexibility index (Phi) is 10.6. The van der Waals surface area contributed by atoms with Gasteiger partial charge in [0.25, 0.3) is 0 Å². The van der Waals surface area contributed by atoms with Gasteiger partial charge in [-0.2, -0.15) is 0 Å². The molecule has 0 saturated carbocycles. The Morgan fingerprint density at radius 2 is 0.855 bits per heavy atom. The molecule has 10 rings (SSSR count). The van der Waals surface area contributed by atoms with Gasteiger partial charge in [0.15, 0.2) is 5.58 Å². The summed E-state index contributed by atoms with van der Waals surface area (Å²) in [5.74, 6) is 1.52. The van der Waals surface area contributed by atoms with Gasteiger partial charge in [0.2, 0.25) is 5.89 Å². The molecule has 0 aliphatic heterocycles. The van der Waals surface area contributed by atoms with E-state index in [0.717, 1.165) is 89.9 Å². The Morgan fingerprint density at radius 3 is 1.39 bits per heavy atom. The van der Waals surface area contributed by atoms with E-state index in [-0.39, 0.29) is 0 Å². The smallest absolute Gasteiger partial charge is 0.227 e. The van der Waals surface area contributed by atoms with Crippen LogP contribution < -0.4 is 14.5 Å². The van der Waals surface area contributed by atoms with E-state index in [1.807, 2.05) is 48.5 Å². The fourth-order valence-corrected chi connectivity index (χ4v) is 7.90. The van der Waals surface area contributed by atoms with E-state index in [2.05, 4.69) is 199 Å². The van der Waals surface area contributed by atoms with E-state index in [1.165, 1.54) is 0 Å². The van der Waals surface area contributed by atoms with Gasteiger partial charge in [-0.15, -0.1) is 0 Å². The maximum atomic E-state index is 6.13. The SMILES string of the molecule is Cc1ccccc1OCc1ccc(N(c2ccccc2)c2ccc(-c3cccc(-c4ccc(N(c5ccccc5)c5ccc(-c6nc7ccccc7o6)cc5)cc4)c3)cc2)cc1. The molecule has 9 aromatic carbocycles. The fourth-order valence-electron chi connectivity index (χ4n) is 7.90. The minimum atomic E-state index is 0.513. The fraction of sp³-hybridized carbons (Fsp3) is 0.0351. The average Bonchev–Trinajstić information content (AvgIpc) is 3.78. The van der Waals surface area contributed by atoms with Gasteiger partial charge in [-0.05, 0) is 149 Å². The van der Waals surface area contributed by atoms with Gasteiger partial charge in [-0.3, -0.25) is 0 Å². The Balaban J connectivity index is 0.884. The van der Waals surface area contributed by atoms with Gasteiger partial charge in [0, 0.05) is 39.7 Å². The molecule has 0 radical (unpaired) electrons. The third-order valence-corrected chi connectivity index (χ3v) is 11.2. The van der Waals surface area contributed by atoms with Crippen LogP contribution in [0.2, 0.25) is 0 Å². The van der Waals surface area contributed by atoms with Crippen molar-refractivity contribution in [3.8, 4) is 39.5 Å². The van der Waals surface area contributed by atoms with Crippen molar-refractivity contribution in [2.24, 2.45) is 0 Å². The van der Waals surface area contributed by atoms with Crippen molar-refractivity contribution < 1.29 is 9.15 Å². The number of fused-ring (bicyclic) bond motifs is 1. The number of aromatic nitrogens is 1. The first-order valence-electron chi connectivity index (χ1n) is 20.9. The van der Waals surface area contributed by atoms with E-state index in [9.17, 15) is 0 Å². The molecule has 0 unspecified atom stereocenters. The third kappa shape index (κ3) is 8.08. The molecule has 62 heavy (non-hydrogen) atoms. The second-order valence-electron chi connectivity index (χ2n) is 15.3. The molecule has 0 fully saturated rings. The van der Waals surface area contributed by atoms with Crippen LogP contribution in [0.5, 0.6) is 5.75 Å². The lowest BCUT2D eigenvalue weighted by atomic mass is 9.98. The zero-order valence-electron chi connectivity index (χ0n) is 34.3. The van der Waals surface area contributed by atoms with Gasteiger partial charge in [0.1, 0.15) is 17.9 Å². The highest BCUT2D eigenvalue weighted by Crippen LogP contribution is 2.39. The summed E-state index contributed by atoms with van der Waals surface area (Å²) >= 11 is 0. The molecule has 0 spiro atoms. The summed E-state index contributed by atoms with van der Waals surface area (Å²) in [5.41, 5.74) is 15.9. The van der Waals surface area contributed by atoms with Crippen LogP contribution in [0.25, 0.3) is 44.8 Å². The summed E-state index contributed by atoms with van der Waals surface area (Å²) in [6, 6.07) is 80.4. The quantitative estimate of drug-likeness (QED) is 0.123. The van der Waals surface area contributed by atoms with E-state index in [4.69, 9.17) is 14.1 Å². The molecule has 0 atom stereocenters. The predicted molar refractivity (Wildman–Crippen MR) is 255 cm³/mol. The predicted octanol–water partition coefficient (Wildman–Crippen LogP) is 15.7. The monoisotopic (exact) mass is 801 g/mol. The first-order valence-corrected chi connectivity index (χ1v) is 20.9. The number of aryl methyl sites for hydroxylation is 1. The van der Waals surface area contributed by atoms with E-state index in [1.54, 1.807) is 0 Å². The molecule has 0 N–H and O–H groups in total. The number of rotatable bonds is 12. The Labute approximate surface area is 362 Å². The Hall–Kier alpha value is -8.15. The van der Waals surface area contributed by atoms with Crippen LogP contribution in [-0.4, -0.2) is 4.98 Å². The number of hydrogen-bond donors (Lipinski definition) is 0. The zero-order chi connectivity index (χ0) is 41.7. The van der Waals surface area contributed by atoms with Crippen molar-refractivity contribution in [2.75, 3.05) is 9.80 Å². The topological polar surface area (TPSA) is 41.7 Å². The summed E-state index contributed by atoms with van der Waals surface area (Å²) in [7, 11) is 0. The summed E-state index contributed by atoms with van der Waals surface area (Å²) in [4.78, 5) is 9.26. The summed E-state index contributed by atoms with van der Waals surface area (Å²) in [6.07, 6.45) is 0. The van der Waals surface area contributed by atoms with E-state index in [0.29, 0.717) is 12.5 Å². The van der Waals surface area contributed by atoms with Gasteiger partial charge in [-0.25, -0.2) is 4.98 Å². The Morgan fingerprint density at radius 1 is 0.403 bits per heavy atom. The van der Waals surface area contributed by atoms with Crippen molar-refractivity contribution in [2.45, 2.75) is 13.5 Å². The molecule has 5 nitrogen and oxygen atoms in total. The maximum Gasteiger partial charge on any atom is 0.227 e. The highest BCUT2D eigenvalue weighted by molar-refractivity contribution is 5.82. The standard InChI is InChI=1S/C57H43N3O2/c1-41-13-8-10-21-55(41)61-40-42-23-31-50(32-24-42)59(48-16-4-2-5-17-48)51-33-25-43(26-34-51)46-14-12-15-47(39-46)44-27-35-52(36-28-44)60(49-18-6-3-7-19-49)53-37-29-45(30-38-53)57-58-54-20-9-11-22-56(54)62-57/h2-39H,40H2,1H3. The number of hydrogen-bond acceptors (Lipinski definition) is 5. The lowest BCUT2D eigenvalue weighted by molar-refractivity contribution is 0.304. The second-order valence-corrected chi connectivity index (χ2v) is 15.3. The van der Waals surface area contributed by atoms with Crippen molar-refractivity contribution in [3.05, 3.63) is 242 Å². The number of nitrogens with zero attached hydrogens (tertiary/aromatic N) is 3. The van der Waals surface area contributed by atoms with Crippen LogP contribution in [0.4, 0.5) is 34.1 Å². The normalized spacial score (nSPS) is 11.0. The zero-order valence-corrected chi connectivity index (χ0v) is 34.3. The molecule has 0 aliphatic carbocycles. The second kappa shape index (κ2) is 17.2. The number of anilines is 6. The van der Waals surface area contributed by atoms with Gasteiger partial charge in [0.05, 0.1) is 0 Å². The van der Waals surface area contributed by atoms with Crippen molar-refractivity contribution in [1.29, 1.82) is 0 Å². The Bertz CT molecular complexity index is 3020. The number of oxazole rings is 1. The lowest BCUT2D eigenvalue weighted by Crippen LogP contribution is -2.10. The first kappa shape index (κ1) is 38.1. The number of para-hydroxylation sites is 5. The third-order valence-electron chi connectivity index (χ3n) is 11.2. The molecule has 1 heterocycles. The maximum absolute atomic E-state index is 6.13. The van der Waals surface area contributed by atoms with Crippen molar-refractivity contribution in [3.63, 3.8) is 0 Å². The molecule has 5 heteroatoms. The molecular weight excluding hydrogens is 759 g/mol. The summed E-state index contributed by atoms with van der Waals surface area (Å²) < 4.78 is 12.2. The van der Waals surface area contributed by atoms with Crippen LogP contribution in [-0.2, 0) is 6.61 Å². The van der Waals surface area contributed by atoms with Crippen LogP contribution in [0, 0.1) is 6.92 Å². The number of benzene rings is 9. The lowest BCUT2D eigenvalue weighted by Gasteiger charge is -2.26. The highest BCUT2D eigenvalue weighted by Gasteiger charge is 2.16. The van der Waals surface area contributed by atoms with E-state index >= 15 is 0 Å². The molecule has 1 aromatic heterocycles. The minimum absolute atomic E-state index is 0.513. The van der Waals surface area contributed by atoms with Gasteiger partial charge < -0.3 is 19.0 Å². The average molecular weight is 802 g/mol.